The first kappa shape index (κ1) is 15.0. The minimum Gasteiger partial charge on any atom is -0.399 e. The first-order valence-electron chi connectivity index (χ1n) is 6.93. The molecule has 1 rings (SSSR count). The molecule has 0 bridgehead atoms. The molecule has 0 aromatic heterocycles. The molecule has 0 saturated heterocycles. The van der Waals surface area contributed by atoms with E-state index in [4.69, 9.17) is 5.73 Å². The van der Waals surface area contributed by atoms with E-state index in [1.165, 1.54) is 5.56 Å². The van der Waals surface area contributed by atoms with Crippen molar-refractivity contribution in [3.05, 3.63) is 29.8 Å². The van der Waals surface area contributed by atoms with Gasteiger partial charge in [-0.05, 0) is 30.2 Å². The summed E-state index contributed by atoms with van der Waals surface area (Å²) in [7, 11) is 0. The molecule has 18 heavy (non-hydrogen) atoms. The van der Waals surface area contributed by atoms with Gasteiger partial charge in [0.1, 0.15) is 0 Å². The van der Waals surface area contributed by atoms with Crippen molar-refractivity contribution in [2.24, 2.45) is 5.92 Å². The van der Waals surface area contributed by atoms with Crippen LogP contribution in [0, 0.1) is 5.92 Å². The van der Waals surface area contributed by atoms with Gasteiger partial charge in [-0.3, -0.25) is 0 Å². The fourth-order valence-electron chi connectivity index (χ4n) is 2.41. The smallest absolute Gasteiger partial charge is 0.0314 e. The highest BCUT2D eigenvalue weighted by atomic mass is 15.1. The van der Waals surface area contributed by atoms with Crippen LogP contribution in [0.2, 0.25) is 0 Å². The largest absolute Gasteiger partial charge is 0.399 e. The highest BCUT2D eigenvalue weighted by Crippen LogP contribution is 2.25. The zero-order chi connectivity index (χ0) is 13.8. The normalized spacial score (nSPS) is 12.4. The van der Waals surface area contributed by atoms with Crippen molar-refractivity contribution in [3.8, 4) is 0 Å². The van der Waals surface area contributed by atoms with Crippen molar-refractivity contribution < 1.29 is 0 Å². The van der Waals surface area contributed by atoms with E-state index in [9.17, 15) is 0 Å². The summed E-state index contributed by atoms with van der Waals surface area (Å²) in [5, 5.41) is 0. The number of nitrogen functional groups attached to an aromatic ring is 1. The lowest BCUT2D eigenvalue weighted by Crippen LogP contribution is -2.38. The second kappa shape index (κ2) is 6.24. The van der Waals surface area contributed by atoms with Gasteiger partial charge in [0.15, 0.2) is 0 Å². The van der Waals surface area contributed by atoms with Crippen LogP contribution in [0.1, 0.15) is 40.2 Å². The Kier molecular flexibility index (Phi) is 5.21. The van der Waals surface area contributed by atoms with E-state index in [0.29, 0.717) is 5.92 Å². The molecule has 0 aliphatic heterocycles. The first-order chi connectivity index (χ1) is 8.35. The van der Waals surface area contributed by atoms with Crippen LogP contribution in [0.5, 0.6) is 0 Å². The number of nitrogens with two attached hydrogens (primary N) is 1. The summed E-state index contributed by atoms with van der Waals surface area (Å²) in [6.07, 6.45) is 0. The van der Waals surface area contributed by atoms with E-state index in [1.54, 1.807) is 0 Å². The topological polar surface area (TPSA) is 29.3 Å². The average molecular weight is 248 g/mol. The number of rotatable bonds is 6. The summed E-state index contributed by atoms with van der Waals surface area (Å²) in [5.41, 5.74) is 8.12. The third-order valence-electron chi connectivity index (χ3n) is 3.38. The van der Waals surface area contributed by atoms with Gasteiger partial charge in [-0.25, -0.2) is 0 Å². The first-order valence-corrected chi connectivity index (χ1v) is 6.93. The van der Waals surface area contributed by atoms with Gasteiger partial charge in [-0.1, -0.05) is 46.8 Å². The van der Waals surface area contributed by atoms with Gasteiger partial charge in [0.2, 0.25) is 0 Å². The molecule has 0 aliphatic carbocycles. The van der Waals surface area contributed by atoms with E-state index < -0.39 is 0 Å². The number of hydrogen-bond donors (Lipinski definition) is 1. The molecule has 0 aliphatic rings. The molecule has 1 aromatic carbocycles. The van der Waals surface area contributed by atoms with Crippen LogP contribution in [0.4, 0.5) is 5.69 Å². The molecule has 0 fully saturated rings. The summed E-state index contributed by atoms with van der Waals surface area (Å²) in [4.78, 5) is 2.53. The lowest BCUT2D eigenvalue weighted by atomic mass is 9.84. The van der Waals surface area contributed by atoms with Crippen LogP contribution >= 0.6 is 0 Å². The molecule has 0 heterocycles. The van der Waals surface area contributed by atoms with Crippen molar-refractivity contribution in [1.29, 1.82) is 0 Å². The maximum Gasteiger partial charge on any atom is 0.0314 e. The van der Waals surface area contributed by atoms with Crippen LogP contribution in [0.3, 0.4) is 0 Å². The Morgan fingerprint density at radius 1 is 1.17 bits per heavy atom. The molecule has 0 atom stereocenters. The number of anilines is 1. The molecular formula is C16H28N2. The van der Waals surface area contributed by atoms with Crippen molar-refractivity contribution in [2.75, 3.05) is 25.4 Å². The Hall–Kier alpha value is -1.02. The molecule has 2 heteroatoms. The molecular weight excluding hydrogens is 220 g/mol. The number of likely N-dealkylation sites (N-methyl/N-ethyl adjacent to an activating group) is 1. The molecule has 0 spiro atoms. The zero-order valence-corrected chi connectivity index (χ0v) is 12.5. The molecule has 1 aromatic rings. The minimum absolute atomic E-state index is 0.165. The van der Waals surface area contributed by atoms with E-state index >= 15 is 0 Å². The van der Waals surface area contributed by atoms with Gasteiger partial charge in [-0.15, -0.1) is 0 Å². The molecule has 0 radical (unpaired) electrons. The molecule has 0 unspecified atom stereocenters. The second-order valence-corrected chi connectivity index (χ2v) is 6.23. The maximum absolute atomic E-state index is 5.75. The van der Waals surface area contributed by atoms with Gasteiger partial charge >= 0.3 is 0 Å². The number of benzene rings is 1. The summed E-state index contributed by atoms with van der Waals surface area (Å²) in [5.74, 6) is 0.715. The summed E-state index contributed by atoms with van der Waals surface area (Å²) in [6.45, 7) is 14.8. The summed E-state index contributed by atoms with van der Waals surface area (Å²) < 4.78 is 0. The summed E-state index contributed by atoms with van der Waals surface area (Å²) >= 11 is 0. The Labute approximate surface area is 112 Å². The zero-order valence-electron chi connectivity index (χ0n) is 12.5. The van der Waals surface area contributed by atoms with Crippen molar-refractivity contribution in [2.45, 2.75) is 40.0 Å². The Bertz CT molecular complexity index is 352. The van der Waals surface area contributed by atoms with E-state index in [2.05, 4.69) is 51.7 Å². The van der Waals surface area contributed by atoms with Gasteiger partial charge < -0.3 is 10.6 Å². The lowest BCUT2D eigenvalue weighted by Gasteiger charge is -2.33. The molecule has 0 amide bonds. The van der Waals surface area contributed by atoms with Gasteiger partial charge in [0.25, 0.3) is 0 Å². The Morgan fingerprint density at radius 3 is 2.17 bits per heavy atom. The lowest BCUT2D eigenvalue weighted by molar-refractivity contribution is 0.211. The molecule has 102 valence electrons. The molecule has 0 saturated carbocycles. The van der Waals surface area contributed by atoms with Crippen molar-refractivity contribution in [3.63, 3.8) is 0 Å². The predicted molar refractivity (Wildman–Crippen MR) is 80.8 cm³/mol. The quantitative estimate of drug-likeness (QED) is 0.780. The second-order valence-electron chi connectivity index (χ2n) is 6.23. The van der Waals surface area contributed by atoms with Crippen molar-refractivity contribution in [1.82, 2.24) is 4.90 Å². The highest BCUT2D eigenvalue weighted by molar-refractivity contribution is 5.41. The maximum atomic E-state index is 5.75. The van der Waals surface area contributed by atoms with Crippen LogP contribution in [-0.4, -0.2) is 24.5 Å². The molecule has 2 nitrogen and oxygen atoms in total. The Morgan fingerprint density at radius 2 is 1.72 bits per heavy atom. The third kappa shape index (κ3) is 4.34. The predicted octanol–water partition coefficient (Wildman–Crippen LogP) is 3.52. The Balaban J connectivity index is 2.76. The SMILES string of the molecule is CCN(CC(C)C)CC(C)(C)c1ccc(N)cc1. The minimum atomic E-state index is 0.165. The van der Waals surface area contributed by atoms with Gasteiger partial charge in [0, 0.05) is 24.2 Å². The average Bonchev–Trinajstić information content (AvgIpc) is 2.27. The van der Waals surface area contributed by atoms with E-state index in [-0.39, 0.29) is 5.41 Å². The molecule has 2 N–H and O–H groups in total. The van der Waals surface area contributed by atoms with Gasteiger partial charge in [0.05, 0.1) is 0 Å². The van der Waals surface area contributed by atoms with Crippen LogP contribution in [0.15, 0.2) is 24.3 Å². The fourth-order valence-corrected chi connectivity index (χ4v) is 2.41. The van der Waals surface area contributed by atoms with Gasteiger partial charge in [-0.2, -0.15) is 0 Å². The van der Waals surface area contributed by atoms with Crippen LogP contribution < -0.4 is 5.73 Å². The summed E-state index contributed by atoms with van der Waals surface area (Å²) in [6, 6.07) is 8.29. The highest BCUT2D eigenvalue weighted by Gasteiger charge is 2.23. The third-order valence-corrected chi connectivity index (χ3v) is 3.38. The number of nitrogens with zero attached hydrogens (tertiary/aromatic N) is 1. The number of hydrogen-bond acceptors (Lipinski definition) is 2. The monoisotopic (exact) mass is 248 g/mol. The van der Waals surface area contributed by atoms with E-state index in [1.807, 2.05) is 12.1 Å². The van der Waals surface area contributed by atoms with E-state index in [0.717, 1.165) is 25.3 Å². The van der Waals surface area contributed by atoms with Crippen molar-refractivity contribution >= 4 is 5.69 Å². The van der Waals surface area contributed by atoms with Crippen LogP contribution in [-0.2, 0) is 5.41 Å². The van der Waals surface area contributed by atoms with Crippen LogP contribution in [0.25, 0.3) is 0 Å². The standard InChI is InChI=1S/C16H28N2/c1-6-18(11-13(2)3)12-16(4,5)14-7-9-15(17)10-8-14/h7-10,13H,6,11-12,17H2,1-5H3. The fraction of sp³-hybridized carbons (Fsp3) is 0.625.